The topological polar surface area (TPSA) is 70.7 Å². The van der Waals surface area contributed by atoms with Gasteiger partial charge < -0.3 is 15.4 Å². The number of methoxy groups -OCH3 is 1. The Hall–Kier alpha value is -2.16. The molecule has 0 amide bonds. The Morgan fingerprint density at radius 2 is 1.70 bits per heavy atom. The van der Waals surface area contributed by atoms with Crippen LogP contribution in [0.25, 0.3) is 0 Å². The van der Waals surface area contributed by atoms with E-state index in [1.807, 2.05) is 12.1 Å². The van der Waals surface area contributed by atoms with Crippen molar-refractivity contribution in [3.05, 3.63) is 48.0 Å². The molecule has 6 nitrogen and oxygen atoms in total. The molecular weight excluding hydrogens is 418 g/mol. The van der Waals surface area contributed by atoms with Gasteiger partial charge in [-0.25, -0.2) is 8.42 Å². The number of rotatable bonds is 6. The zero-order chi connectivity index (χ0) is 21.7. The number of benzene rings is 2. The summed E-state index contributed by atoms with van der Waals surface area (Å²) in [6, 6.07) is 12.9. The van der Waals surface area contributed by atoms with Crippen LogP contribution in [0, 0.1) is 0 Å². The Morgan fingerprint density at radius 3 is 2.30 bits per heavy atom. The van der Waals surface area contributed by atoms with E-state index in [0.29, 0.717) is 35.6 Å². The standard InChI is InChI=1S/C22H29N3O3S2/c1-16(2)17-7-9-18(10-8-17)23-22(29)24-20-15-19(11-12-21(20)28-3)30(26,27)25-13-5-4-6-14-25/h7-12,15-16H,4-6,13-14H2,1-3H3,(H2,23,24,29). The second-order valence-electron chi connectivity index (χ2n) is 7.68. The Kier molecular flexibility index (Phi) is 7.33. The summed E-state index contributed by atoms with van der Waals surface area (Å²) in [6.45, 7) is 5.41. The largest absolute Gasteiger partial charge is 0.495 e. The van der Waals surface area contributed by atoms with Crippen LogP contribution in [0.3, 0.4) is 0 Å². The van der Waals surface area contributed by atoms with E-state index < -0.39 is 10.0 Å². The molecular formula is C22H29N3O3S2. The van der Waals surface area contributed by atoms with E-state index in [-0.39, 0.29) is 4.90 Å². The van der Waals surface area contributed by atoms with Crippen molar-refractivity contribution in [3.8, 4) is 5.75 Å². The van der Waals surface area contributed by atoms with Crippen LogP contribution in [0.4, 0.5) is 11.4 Å². The van der Waals surface area contributed by atoms with Crippen molar-refractivity contribution in [2.75, 3.05) is 30.8 Å². The van der Waals surface area contributed by atoms with E-state index in [2.05, 4.69) is 36.6 Å². The lowest BCUT2D eigenvalue weighted by atomic mass is 10.0. The molecule has 1 fully saturated rings. The third-order valence-corrected chi connectivity index (χ3v) is 7.31. The van der Waals surface area contributed by atoms with Gasteiger partial charge in [0.05, 0.1) is 17.7 Å². The number of anilines is 2. The lowest BCUT2D eigenvalue weighted by Gasteiger charge is -2.26. The average Bonchev–Trinajstić information content (AvgIpc) is 2.74. The molecule has 1 aliphatic rings. The maximum Gasteiger partial charge on any atom is 0.243 e. The van der Waals surface area contributed by atoms with Gasteiger partial charge in [0.1, 0.15) is 5.75 Å². The first-order chi connectivity index (χ1) is 14.3. The molecule has 0 spiro atoms. The zero-order valence-electron chi connectivity index (χ0n) is 17.6. The maximum absolute atomic E-state index is 13.0. The number of hydrogen-bond acceptors (Lipinski definition) is 4. The molecule has 0 aromatic heterocycles. The number of piperidine rings is 1. The molecule has 8 heteroatoms. The summed E-state index contributed by atoms with van der Waals surface area (Å²) in [5, 5.41) is 6.57. The van der Waals surface area contributed by atoms with Crippen molar-refractivity contribution in [2.45, 2.75) is 43.9 Å². The Morgan fingerprint density at radius 1 is 1.03 bits per heavy atom. The van der Waals surface area contributed by atoms with Crippen molar-refractivity contribution < 1.29 is 13.2 Å². The highest BCUT2D eigenvalue weighted by Crippen LogP contribution is 2.30. The number of sulfonamides is 1. The summed E-state index contributed by atoms with van der Waals surface area (Å²) in [6.07, 6.45) is 2.85. The molecule has 0 atom stereocenters. The molecule has 0 bridgehead atoms. The van der Waals surface area contributed by atoms with E-state index in [0.717, 1.165) is 24.9 Å². The highest BCUT2D eigenvalue weighted by molar-refractivity contribution is 7.89. The highest BCUT2D eigenvalue weighted by atomic mass is 32.2. The van der Waals surface area contributed by atoms with Crippen LogP contribution in [0.2, 0.25) is 0 Å². The predicted octanol–water partition coefficient (Wildman–Crippen LogP) is 4.80. The Bertz CT molecular complexity index is 983. The van der Waals surface area contributed by atoms with Crippen LogP contribution in [0.1, 0.15) is 44.6 Å². The van der Waals surface area contributed by atoms with Crippen molar-refractivity contribution >= 4 is 38.7 Å². The van der Waals surface area contributed by atoms with Gasteiger partial charge in [-0.1, -0.05) is 32.4 Å². The molecule has 2 aromatic rings. The third kappa shape index (κ3) is 5.30. The smallest absolute Gasteiger partial charge is 0.243 e. The maximum atomic E-state index is 13.0. The van der Waals surface area contributed by atoms with E-state index in [9.17, 15) is 8.42 Å². The molecule has 0 unspecified atom stereocenters. The lowest BCUT2D eigenvalue weighted by Crippen LogP contribution is -2.35. The fraction of sp³-hybridized carbons (Fsp3) is 0.409. The van der Waals surface area contributed by atoms with Crippen molar-refractivity contribution in [1.82, 2.24) is 4.31 Å². The second kappa shape index (κ2) is 9.76. The monoisotopic (exact) mass is 447 g/mol. The summed E-state index contributed by atoms with van der Waals surface area (Å²) < 4.78 is 33.0. The summed E-state index contributed by atoms with van der Waals surface area (Å²) in [4.78, 5) is 0.233. The van der Waals surface area contributed by atoms with Crippen molar-refractivity contribution in [1.29, 1.82) is 0 Å². The second-order valence-corrected chi connectivity index (χ2v) is 10.0. The fourth-order valence-corrected chi connectivity index (χ4v) is 5.21. The van der Waals surface area contributed by atoms with Crippen LogP contribution in [-0.2, 0) is 10.0 Å². The summed E-state index contributed by atoms with van der Waals surface area (Å²) in [5.41, 5.74) is 2.61. The molecule has 0 radical (unpaired) electrons. The van der Waals surface area contributed by atoms with Crippen molar-refractivity contribution in [2.24, 2.45) is 0 Å². The molecule has 3 rings (SSSR count). The normalized spacial score (nSPS) is 15.1. The molecule has 30 heavy (non-hydrogen) atoms. The van der Waals surface area contributed by atoms with Gasteiger partial charge in [-0.15, -0.1) is 0 Å². The summed E-state index contributed by atoms with van der Waals surface area (Å²) >= 11 is 5.43. The Balaban J connectivity index is 1.77. The van der Waals surface area contributed by atoms with Gasteiger partial charge in [-0.3, -0.25) is 0 Å². The van der Waals surface area contributed by atoms with Gasteiger partial charge >= 0.3 is 0 Å². The first-order valence-electron chi connectivity index (χ1n) is 10.2. The van der Waals surface area contributed by atoms with Crippen LogP contribution in [0.5, 0.6) is 5.75 Å². The van der Waals surface area contributed by atoms with Crippen LogP contribution >= 0.6 is 12.2 Å². The van der Waals surface area contributed by atoms with E-state index in [4.69, 9.17) is 17.0 Å². The van der Waals surface area contributed by atoms with Gasteiger partial charge in [-0.2, -0.15) is 4.31 Å². The molecule has 1 saturated heterocycles. The summed E-state index contributed by atoms with van der Waals surface area (Å²) in [5.74, 6) is 0.977. The van der Waals surface area contributed by atoms with Gasteiger partial charge in [0, 0.05) is 18.8 Å². The molecule has 0 aliphatic carbocycles. The first-order valence-corrected chi connectivity index (χ1v) is 12.0. The minimum Gasteiger partial charge on any atom is -0.495 e. The summed E-state index contributed by atoms with van der Waals surface area (Å²) in [7, 11) is -2.00. The van der Waals surface area contributed by atoms with Crippen LogP contribution < -0.4 is 15.4 Å². The van der Waals surface area contributed by atoms with Gasteiger partial charge in [0.25, 0.3) is 0 Å². The molecule has 162 valence electrons. The van der Waals surface area contributed by atoms with E-state index >= 15 is 0 Å². The minimum absolute atomic E-state index is 0.233. The van der Waals surface area contributed by atoms with E-state index in [1.54, 1.807) is 29.6 Å². The lowest BCUT2D eigenvalue weighted by molar-refractivity contribution is 0.346. The van der Waals surface area contributed by atoms with Crippen LogP contribution in [-0.4, -0.2) is 38.0 Å². The number of nitrogens with zero attached hydrogens (tertiary/aromatic N) is 1. The van der Waals surface area contributed by atoms with Gasteiger partial charge in [0.2, 0.25) is 10.0 Å². The number of hydrogen-bond donors (Lipinski definition) is 2. The number of nitrogens with one attached hydrogen (secondary N) is 2. The first kappa shape index (κ1) is 22.5. The molecule has 1 aliphatic heterocycles. The van der Waals surface area contributed by atoms with E-state index in [1.165, 1.54) is 5.56 Å². The molecule has 2 aromatic carbocycles. The average molecular weight is 448 g/mol. The van der Waals surface area contributed by atoms with Gasteiger partial charge in [-0.05, 0) is 66.9 Å². The molecule has 0 saturated carbocycles. The quantitative estimate of drug-likeness (QED) is 0.620. The zero-order valence-corrected chi connectivity index (χ0v) is 19.3. The molecule has 1 heterocycles. The van der Waals surface area contributed by atoms with Crippen molar-refractivity contribution in [3.63, 3.8) is 0 Å². The third-order valence-electron chi connectivity index (χ3n) is 5.21. The van der Waals surface area contributed by atoms with Gasteiger partial charge in [0.15, 0.2) is 5.11 Å². The highest BCUT2D eigenvalue weighted by Gasteiger charge is 2.26. The fourth-order valence-electron chi connectivity index (χ4n) is 3.44. The number of thiocarbonyl (C=S) groups is 1. The Labute approximate surface area is 184 Å². The van der Waals surface area contributed by atoms with Crippen LogP contribution in [0.15, 0.2) is 47.4 Å². The minimum atomic E-state index is -3.54. The molecule has 2 N–H and O–H groups in total. The SMILES string of the molecule is COc1ccc(S(=O)(=O)N2CCCCC2)cc1NC(=S)Nc1ccc(C(C)C)cc1. The predicted molar refractivity (Wildman–Crippen MR) is 126 cm³/mol. The number of ether oxygens (including phenoxy) is 1.